The Morgan fingerprint density at radius 3 is 2.49 bits per heavy atom. The fourth-order valence-corrected chi connectivity index (χ4v) is 3.75. The van der Waals surface area contributed by atoms with Gasteiger partial charge in [-0.25, -0.2) is 5.43 Å². The molecular formula is C25H20ClN5O4. The lowest BCUT2D eigenvalue weighted by molar-refractivity contribution is -0.385. The molecule has 176 valence electrons. The van der Waals surface area contributed by atoms with E-state index in [1.165, 1.54) is 18.3 Å². The van der Waals surface area contributed by atoms with E-state index < -0.39 is 10.8 Å². The smallest absolute Gasteiger partial charge is 0.273 e. The molecular weight excluding hydrogens is 470 g/mol. The van der Waals surface area contributed by atoms with Gasteiger partial charge in [-0.15, -0.1) is 0 Å². The molecule has 0 saturated carbocycles. The van der Waals surface area contributed by atoms with Gasteiger partial charge in [-0.05, 0) is 30.3 Å². The number of aromatic nitrogens is 1. The van der Waals surface area contributed by atoms with E-state index >= 15 is 0 Å². The van der Waals surface area contributed by atoms with Gasteiger partial charge in [-0.3, -0.25) is 19.7 Å². The Hall–Kier alpha value is -4.50. The Morgan fingerprint density at radius 2 is 1.71 bits per heavy atom. The summed E-state index contributed by atoms with van der Waals surface area (Å²) in [5, 5.41) is 19.4. The number of amides is 2. The second-order valence-corrected chi connectivity index (χ2v) is 8.08. The van der Waals surface area contributed by atoms with E-state index in [0.29, 0.717) is 21.8 Å². The molecule has 9 nitrogen and oxygen atoms in total. The fraction of sp³-hybridized carbons (Fsp3) is 0.0800. The van der Waals surface area contributed by atoms with Crippen molar-refractivity contribution in [2.45, 2.75) is 13.0 Å². The summed E-state index contributed by atoms with van der Waals surface area (Å²) in [5.74, 6) is -0.698. The molecule has 0 fully saturated rings. The minimum Gasteiger partial charge on any atom is -0.337 e. The first-order chi connectivity index (χ1) is 16.9. The second kappa shape index (κ2) is 10.6. The third kappa shape index (κ3) is 5.90. The largest absolute Gasteiger partial charge is 0.337 e. The van der Waals surface area contributed by atoms with Crippen molar-refractivity contribution in [1.29, 1.82) is 0 Å². The molecule has 4 aromatic rings. The van der Waals surface area contributed by atoms with Gasteiger partial charge in [-0.1, -0.05) is 48.0 Å². The third-order valence-corrected chi connectivity index (χ3v) is 5.45. The van der Waals surface area contributed by atoms with Crippen LogP contribution in [0.5, 0.6) is 0 Å². The molecule has 1 aromatic heterocycles. The van der Waals surface area contributed by atoms with Gasteiger partial charge in [0.15, 0.2) is 0 Å². The van der Waals surface area contributed by atoms with Crippen molar-refractivity contribution in [2.24, 2.45) is 5.10 Å². The zero-order chi connectivity index (χ0) is 24.8. The van der Waals surface area contributed by atoms with Gasteiger partial charge in [0.05, 0.1) is 17.6 Å². The van der Waals surface area contributed by atoms with Crippen LogP contribution in [0.15, 0.2) is 84.1 Å². The Morgan fingerprint density at radius 1 is 1.00 bits per heavy atom. The number of hydrogen-bond donors (Lipinski definition) is 2. The number of carbonyl (C=O) groups is 2. The Bertz CT molecular complexity index is 1430. The number of halogens is 1. The first kappa shape index (κ1) is 23.7. The lowest BCUT2D eigenvalue weighted by Crippen LogP contribution is -2.20. The van der Waals surface area contributed by atoms with Gasteiger partial charge in [0.25, 0.3) is 5.69 Å². The van der Waals surface area contributed by atoms with Crippen LogP contribution >= 0.6 is 11.6 Å². The molecule has 1 heterocycles. The maximum absolute atomic E-state index is 12.6. The Labute approximate surface area is 205 Å². The molecule has 2 N–H and O–H groups in total. The molecule has 2 amide bonds. The molecule has 0 bridgehead atoms. The molecule has 0 aliphatic heterocycles. The summed E-state index contributed by atoms with van der Waals surface area (Å²) < 4.78 is 1.79. The van der Waals surface area contributed by atoms with E-state index in [1.807, 2.05) is 24.3 Å². The maximum atomic E-state index is 12.6. The molecule has 4 rings (SSSR count). The molecule has 0 unspecified atom stereocenters. The number of nitrogens with zero attached hydrogens (tertiary/aromatic N) is 3. The van der Waals surface area contributed by atoms with Crippen LogP contribution in [0.3, 0.4) is 0 Å². The zero-order valence-corrected chi connectivity index (χ0v) is 19.1. The van der Waals surface area contributed by atoms with E-state index in [1.54, 1.807) is 47.2 Å². The van der Waals surface area contributed by atoms with Crippen LogP contribution in [-0.4, -0.2) is 27.5 Å². The molecule has 0 atom stereocenters. The lowest BCUT2D eigenvalue weighted by Gasteiger charge is -2.07. The van der Waals surface area contributed by atoms with Gasteiger partial charge in [-0.2, -0.15) is 5.10 Å². The molecule has 0 spiro atoms. The Balaban J connectivity index is 1.45. The standard InChI is InChI=1S/C25H20ClN5O4/c26-19-9-11-20(12-10-19)28-25(33)16-30-15-18(21-6-2-4-8-23(21)30)14-27-29-24(32)13-17-5-1-3-7-22(17)31(34)35/h1-12,14-15H,13,16H2,(H,28,33)(H,29,32). The summed E-state index contributed by atoms with van der Waals surface area (Å²) in [5.41, 5.74) is 4.75. The van der Waals surface area contributed by atoms with E-state index in [-0.39, 0.29) is 24.6 Å². The number of nitrogens with one attached hydrogen (secondary N) is 2. The third-order valence-electron chi connectivity index (χ3n) is 5.19. The van der Waals surface area contributed by atoms with Crippen molar-refractivity contribution in [3.8, 4) is 0 Å². The molecule has 0 saturated heterocycles. The number of benzene rings is 3. The monoisotopic (exact) mass is 489 g/mol. The number of nitro groups is 1. The van der Waals surface area contributed by atoms with Crippen LogP contribution in [0, 0.1) is 10.1 Å². The topological polar surface area (TPSA) is 119 Å². The van der Waals surface area contributed by atoms with Gasteiger partial charge in [0, 0.05) is 45.0 Å². The van der Waals surface area contributed by atoms with Crippen LogP contribution in [0.25, 0.3) is 10.9 Å². The van der Waals surface area contributed by atoms with Crippen LogP contribution in [0.2, 0.25) is 5.02 Å². The lowest BCUT2D eigenvalue weighted by atomic mass is 10.1. The van der Waals surface area contributed by atoms with E-state index in [2.05, 4.69) is 15.8 Å². The molecule has 3 aromatic carbocycles. The fourth-order valence-electron chi connectivity index (χ4n) is 3.62. The predicted molar refractivity (Wildman–Crippen MR) is 135 cm³/mol. The number of hydrazone groups is 1. The molecule has 35 heavy (non-hydrogen) atoms. The first-order valence-corrected chi connectivity index (χ1v) is 11.0. The highest BCUT2D eigenvalue weighted by Gasteiger charge is 2.15. The minimum absolute atomic E-state index is 0.0704. The minimum atomic E-state index is -0.524. The summed E-state index contributed by atoms with van der Waals surface area (Å²) in [6.07, 6.45) is 3.07. The highest BCUT2D eigenvalue weighted by molar-refractivity contribution is 6.30. The highest BCUT2D eigenvalue weighted by atomic mass is 35.5. The second-order valence-electron chi connectivity index (χ2n) is 7.64. The molecule has 0 radical (unpaired) electrons. The molecule has 0 aliphatic rings. The van der Waals surface area contributed by atoms with E-state index in [4.69, 9.17) is 11.6 Å². The number of carbonyl (C=O) groups excluding carboxylic acids is 2. The van der Waals surface area contributed by atoms with Gasteiger partial charge in [0.2, 0.25) is 11.8 Å². The van der Waals surface area contributed by atoms with Gasteiger partial charge >= 0.3 is 0 Å². The predicted octanol–water partition coefficient (Wildman–Crippen LogP) is 4.53. The molecule has 10 heteroatoms. The number of para-hydroxylation sites is 2. The zero-order valence-electron chi connectivity index (χ0n) is 18.3. The number of nitro benzene ring substituents is 1. The summed E-state index contributed by atoms with van der Waals surface area (Å²) in [4.78, 5) is 35.4. The highest BCUT2D eigenvalue weighted by Crippen LogP contribution is 2.21. The van der Waals surface area contributed by atoms with Gasteiger partial charge in [0.1, 0.15) is 6.54 Å². The van der Waals surface area contributed by atoms with Crippen molar-refractivity contribution in [3.05, 3.63) is 105 Å². The van der Waals surface area contributed by atoms with E-state index in [9.17, 15) is 19.7 Å². The van der Waals surface area contributed by atoms with Crippen molar-refractivity contribution < 1.29 is 14.5 Å². The summed E-state index contributed by atoms with van der Waals surface area (Å²) in [7, 11) is 0. The van der Waals surface area contributed by atoms with E-state index in [0.717, 1.165) is 10.9 Å². The average molecular weight is 490 g/mol. The van der Waals surface area contributed by atoms with Crippen LogP contribution < -0.4 is 10.7 Å². The molecule has 0 aliphatic carbocycles. The van der Waals surface area contributed by atoms with Gasteiger partial charge < -0.3 is 9.88 Å². The van der Waals surface area contributed by atoms with Crippen molar-refractivity contribution in [2.75, 3.05) is 5.32 Å². The van der Waals surface area contributed by atoms with Crippen molar-refractivity contribution in [1.82, 2.24) is 9.99 Å². The van der Waals surface area contributed by atoms with Crippen LogP contribution in [-0.2, 0) is 22.6 Å². The number of hydrogen-bond acceptors (Lipinski definition) is 5. The average Bonchev–Trinajstić information content (AvgIpc) is 3.18. The Kier molecular flexibility index (Phi) is 7.18. The number of rotatable bonds is 8. The van der Waals surface area contributed by atoms with Crippen molar-refractivity contribution >= 4 is 51.9 Å². The van der Waals surface area contributed by atoms with Crippen LogP contribution in [0.1, 0.15) is 11.1 Å². The summed E-state index contributed by atoms with van der Waals surface area (Å²) in [6.45, 7) is 0.0704. The normalized spacial score (nSPS) is 11.0. The number of fused-ring (bicyclic) bond motifs is 1. The summed E-state index contributed by atoms with van der Waals surface area (Å²) >= 11 is 5.88. The summed E-state index contributed by atoms with van der Waals surface area (Å²) in [6, 6.07) is 20.4. The number of anilines is 1. The van der Waals surface area contributed by atoms with Crippen molar-refractivity contribution in [3.63, 3.8) is 0 Å². The quantitative estimate of drug-likeness (QED) is 0.214. The van der Waals surface area contributed by atoms with Crippen LogP contribution in [0.4, 0.5) is 11.4 Å². The maximum Gasteiger partial charge on any atom is 0.273 e. The SMILES string of the molecule is O=C(Cc1ccccc1[N+](=O)[O-])NN=Cc1cn(CC(=O)Nc2ccc(Cl)cc2)c2ccccc12. The first-order valence-electron chi connectivity index (χ1n) is 10.6.